The molecule has 0 aromatic carbocycles. The molecule has 70 valence electrons. The largest absolute Gasteiger partial charge is 0.481 e. The second-order valence-electron chi connectivity index (χ2n) is 3.73. The van der Waals surface area contributed by atoms with Crippen LogP contribution in [0.3, 0.4) is 0 Å². The topological polar surface area (TPSA) is 50.4 Å². The Kier molecular flexibility index (Phi) is 1.68. The van der Waals surface area contributed by atoms with E-state index in [-0.39, 0.29) is 11.8 Å². The Labute approximate surface area is 76.4 Å². The maximum absolute atomic E-state index is 10.9. The Morgan fingerprint density at radius 2 is 2.38 bits per heavy atom. The zero-order valence-electron chi connectivity index (χ0n) is 7.70. The Bertz CT molecular complexity index is 351. The van der Waals surface area contributed by atoms with Gasteiger partial charge in [-0.25, -0.2) is 0 Å². The number of carbonyl (C=O) groups is 1. The first-order valence-corrected chi connectivity index (χ1v) is 4.41. The van der Waals surface area contributed by atoms with Gasteiger partial charge in [-0.3, -0.25) is 4.79 Å². The minimum absolute atomic E-state index is 0.159. The fraction of sp³-hybridized carbons (Fsp3) is 0.500. The summed E-state index contributed by atoms with van der Waals surface area (Å²) in [5.74, 6) is 0.715. The lowest BCUT2D eigenvalue weighted by Gasteiger charge is -2.09. The number of aryl methyl sites for hydroxylation is 1. The zero-order valence-corrected chi connectivity index (χ0v) is 7.70. The van der Waals surface area contributed by atoms with E-state index in [4.69, 9.17) is 9.52 Å². The predicted octanol–water partition coefficient (Wildman–Crippen LogP) is 1.95. The second-order valence-corrected chi connectivity index (χ2v) is 3.73. The third kappa shape index (κ3) is 1.15. The summed E-state index contributed by atoms with van der Waals surface area (Å²) in [5.41, 5.74) is 0.873. The molecule has 0 radical (unpaired) electrons. The van der Waals surface area contributed by atoms with Gasteiger partial charge in [-0.2, -0.15) is 0 Å². The molecule has 0 amide bonds. The predicted molar refractivity (Wildman–Crippen MR) is 46.7 cm³/mol. The summed E-state index contributed by atoms with van der Waals surface area (Å²) in [6, 6.07) is 1.84. The van der Waals surface area contributed by atoms with E-state index in [1.807, 2.05) is 19.9 Å². The van der Waals surface area contributed by atoms with E-state index in [9.17, 15) is 4.79 Å². The molecule has 0 bridgehead atoms. The standard InChI is InChI=1S/C10H12O3/c1-5-3-8-7(4-6(2)13-8)9(5)10(11)12/h4-5,9H,3H2,1-2H3,(H,11,12). The molecule has 1 aromatic heterocycles. The molecule has 1 N–H and O–H groups in total. The van der Waals surface area contributed by atoms with E-state index >= 15 is 0 Å². The van der Waals surface area contributed by atoms with Crippen LogP contribution in [0.1, 0.15) is 29.9 Å². The van der Waals surface area contributed by atoms with E-state index in [1.54, 1.807) is 0 Å². The molecule has 1 heterocycles. The average Bonchev–Trinajstić information content (AvgIpc) is 2.41. The van der Waals surface area contributed by atoms with Crippen molar-refractivity contribution in [2.24, 2.45) is 5.92 Å². The summed E-state index contributed by atoms with van der Waals surface area (Å²) in [6.07, 6.45) is 0.750. The molecule has 0 fully saturated rings. The van der Waals surface area contributed by atoms with Crippen LogP contribution in [0.15, 0.2) is 10.5 Å². The maximum Gasteiger partial charge on any atom is 0.311 e. The van der Waals surface area contributed by atoms with Gasteiger partial charge in [-0.1, -0.05) is 6.92 Å². The molecule has 0 saturated heterocycles. The third-order valence-corrected chi connectivity index (χ3v) is 2.64. The number of carboxylic acid groups (broad SMARTS) is 1. The molecule has 0 saturated carbocycles. The number of fused-ring (bicyclic) bond motifs is 1. The van der Waals surface area contributed by atoms with Crippen molar-refractivity contribution in [3.8, 4) is 0 Å². The lowest BCUT2D eigenvalue weighted by Crippen LogP contribution is -2.14. The van der Waals surface area contributed by atoms with Crippen LogP contribution in [0.5, 0.6) is 0 Å². The molecule has 3 nitrogen and oxygen atoms in total. The smallest absolute Gasteiger partial charge is 0.311 e. The Balaban J connectivity index is 2.44. The summed E-state index contributed by atoms with van der Waals surface area (Å²) in [5, 5.41) is 9.00. The fourth-order valence-electron chi connectivity index (χ4n) is 2.10. The SMILES string of the molecule is Cc1cc2c(o1)CC(C)C2C(=O)O. The minimum atomic E-state index is -0.743. The van der Waals surface area contributed by atoms with E-state index in [2.05, 4.69) is 0 Å². The molecule has 2 atom stereocenters. The Morgan fingerprint density at radius 1 is 1.69 bits per heavy atom. The molecular weight excluding hydrogens is 168 g/mol. The van der Waals surface area contributed by atoms with Crippen molar-refractivity contribution in [1.82, 2.24) is 0 Å². The molecular formula is C10H12O3. The maximum atomic E-state index is 10.9. The normalized spacial score (nSPS) is 26.0. The van der Waals surface area contributed by atoms with Gasteiger partial charge in [0.1, 0.15) is 11.5 Å². The quantitative estimate of drug-likeness (QED) is 0.718. The van der Waals surface area contributed by atoms with E-state index < -0.39 is 5.97 Å². The van der Waals surface area contributed by atoms with Crippen LogP contribution >= 0.6 is 0 Å². The van der Waals surface area contributed by atoms with Gasteiger partial charge in [0.15, 0.2) is 0 Å². The van der Waals surface area contributed by atoms with Crippen molar-refractivity contribution in [2.45, 2.75) is 26.2 Å². The van der Waals surface area contributed by atoms with Crippen molar-refractivity contribution >= 4 is 5.97 Å². The van der Waals surface area contributed by atoms with Crippen LogP contribution < -0.4 is 0 Å². The van der Waals surface area contributed by atoms with Gasteiger partial charge in [0.05, 0.1) is 5.92 Å². The van der Waals surface area contributed by atoms with Crippen molar-refractivity contribution in [3.63, 3.8) is 0 Å². The molecule has 2 rings (SSSR count). The monoisotopic (exact) mass is 180 g/mol. The molecule has 13 heavy (non-hydrogen) atoms. The lowest BCUT2D eigenvalue weighted by atomic mass is 9.95. The van der Waals surface area contributed by atoms with Crippen LogP contribution in [0.2, 0.25) is 0 Å². The summed E-state index contributed by atoms with van der Waals surface area (Å²) < 4.78 is 5.41. The van der Waals surface area contributed by atoms with Crippen LogP contribution in [0, 0.1) is 12.8 Å². The minimum Gasteiger partial charge on any atom is -0.481 e. The summed E-state index contributed by atoms with van der Waals surface area (Å²) in [7, 11) is 0. The number of furan rings is 1. The average molecular weight is 180 g/mol. The van der Waals surface area contributed by atoms with Crippen molar-refractivity contribution in [3.05, 3.63) is 23.2 Å². The molecule has 2 unspecified atom stereocenters. The third-order valence-electron chi connectivity index (χ3n) is 2.64. The van der Waals surface area contributed by atoms with Crippen LogP contribution in [0.25, 0.3) is 0 Å². The number of carboxylic acids is 1. The molecule has 1 aliphatic rings. The summed E-state index contributed by atoms with van der Waals surface area (Å²) >= 11 is 0. The van der Waals surface area contributed by atoms with Gasteiger partial charge in [0, 0.05) is 12.0 Å². The van der Waals surface area contributed by atoms with Gasteiger partial charge in [-0.05, 0) is 18.9 Å². The van der Waals surface area contributed by atoms with Crippen LogP contribution in [-0.4, -0.2) is 11.1 Å². The van der Waals surface area contributed by atoms with Gasteiger partial charge in [0.25, 0.3) is 0 Å². The summed E-state index contributed by atoms with van der Waals surface area (Å²) in [4.78, 5) is 10.9. The molecule has 1 aromatic rings. The number of hydrogen-bond acceptors (Lipinski definition) is 2. The first-order valence-electron chi connectivity index (χ1n) is 4.41. The lowest BCUT2D eigenvalue weighted by molar-refractivity contribution is -0.139. The van der Waals surface area contributed by atoms with Crippen molar-refractivity contribution < 1.29 is 14.3 Å². The molecule has 0 spiro atoms. The highest BCUT2D eigenvalue weighted by atomic mass is 16.4. The van der Waals surface area contributed by atoms with Crippen molar-refractivity contribution in [2.75, 3.05) is 0 Å². The number of aliphatic carboxylic acids is 1. The van der Waals surface area contributed by atoms with Gasteiger partial charge in [0.2, 0.25) is 0 Å². The van der Waals surface area contributed by atoms with E-state index in [1.165, 1.54) is 0 Å². The highest BCUT2D eigenvalue weighted by Crippen LogP contribution is 2.39. The number of rotatable bonds is 1. The first-order chi connectivity index (χ1) is 6.09. The van der Waals surface area contributed by atoms with E-state index in [0.717, 1.165) is 23.5 Å². The first kappa shape index (κ1) is 8.35. The highest BCUT2D eigenvalue weighted by molar-refractivity contribution is 5.78. The molecule has 3 heteroatoms. The second kappa shape index (κ2) is 2.62. The highest BCUT2D eigenvalue weighted by Gasteiger charge is 2.37. The van der Waals surface area contributed by atoms with E-state index in [0.29, 0.717) is 0 Å². The molecule has 1 aliphatic carbocycles. The van der Waals surface area contributed by atoms with Crippen LogP contribution in [-0.2, 0) is 11.2 Å². The van der Waals surface area contributed by atoms with Gasteiger partial charge in [-0.15, -0.1) is 0 Å². The summed E-state index contributed by atoms with van der Waals surface area (Å²) in [6.45, 7) is 3.80. The number of hydrogen-bond donors (Lipinski definition) is 1. The fourth-order valence-corrected chi connectivity index (χ4v) is 2.10. The van der Waals surface area contributed by atoms with Gasteiger partial charge < -0.3 is 9.52 Å². The Morgan fingerprint density at radius 3 is 3.00 bits per heavy atom. The Hall–Kier alpha value is -1.25. The zero-order chi connectivity index (χ0) is 9.59. The van der Waals surface area contributed by atoms with Crippen LogP contribution in [0.4, 0.5) is 0 Å². The molecule has 0 aliphatic heterocycles. The van der Waals surface area contributed by atoms with Gasteiger partial charge >= 0.3 is 5.97 Å². The van der Waals surface area contributed by atoms with Crippen molar-refractivity contribution in [1.29, 1.82) is 0 Å².